The maximum Gasteiger partial charge on any atom is 0.242 e. The number of anilines is 2. The Bertz CT molecular complexity index is 3160. The van der Waals surface area contributed by atoms with Crippen molar-refractivity contribution >= 4 is 95.2 Å². The predicted molar refractivity (Wildman–Crippen MR) is 243 cm³/mol. The molecule has 316 valence electrons. The van der Waals surface area contributed by atoms with Crippen molar-refractivity contribution in [3.63, 3.8) is 0 Å². The molecule has 15 heteroatoms. The van der Waals surface area contributed by atoms with E-state index in [9.17, 15) is 14.7 Å². The van der Waals surface area contributed by atoms with Crippen molar-refractivity contribution in [1.29, 1.82) is 0 Å². The summed E-state index contributed by atoms with van der Waals surface area (Å²) in [5.41, 5.74) is 3.73. The molecular formula is C48H37BrClN5O7S. The lowest BCUT2D eigenvalue weighted by molar-refractivity contribution is -0.131. The molecule has 6 unspecified atom stereocenters. The second-order valence-corrected chi connectivity index (χ2v) is 19.4. The van der Waals surface area contributed by atoms with E-state index in [1.54, 1.807) is 72.5 Å². The van der Waals surface area contributed by atoms with Gasteiger partial charge in [0, 0.05) is 44.4 Å². The van der Waals surface area contributed by atoms with Crippen LogP contribution < -0.4 is 14.5 Å². The lowest BCUT2D eigenvalue weighted by atomic mass is 9.51. The highest BCUT2D eigenvalue weighted by Gasteiger charge is 2.68. The van der Waals surface area contributed by atoms with Crippen LogP contribution in [0.25, 0.3) is 43.2 Å². The van der Waals surface area contributed by atoms with Crippen LogP contribution in [-0.4, -0.2) is 50.6 Å². The number of aromatic hydroxyl groups is 1. The number of carbonyl (C=O) groups is 4. The van der Waals surface area contributed by atoms with Gasteiger partial charge in [-0.1, -0.05) is 51.3 Å². The van der Waals surface area contributed by atoms with Crippen LogP contribution in [0.4, 0.5) is 11.5 Å². The number of amides is 4. The van der Waals surface area contributed by atoms with E-state index >= 15 is 9.59 Å². The van der Waals surface area contributed by atoms with E-state index in [1.807, 2.05) is 55.5 Å². The number of phenolic OH excluding ortho intramolecular Hbond substituents is 1. The molecule has 4 aliphatic rings. The normalized spacial score (nSPS) is 24.3. The average Bonchev–Trinajstić information content (AvgIpc) is 4.06. The van der Waals surface area contributed by atoms with Crippen LogP contribution in [0.15, 0.2) is 105 Å². The number of para-hydroxylation sites is 2. The van der Waals surface area contributed by atoms with Gasteiger partial charge in [-0.2, -0.15) is 5.10 Å². The number of allylic oxidation sites excluding steroid dienone is 2. The van der Waals surface area contributed by atoms with Crippen molar-refractivity contribution in [1.82, 2.24) is 14.8 Å². The summed E-state index contributed by atoms with van der Waals surface area (Å²) in [6.07, 6.45) is 2.32. The minimum absolute atomic E-state index is 0.136. The van der Waals surface area contributed by atoms with Crippen LogP contribution in [0.3, 0.4) is 0 Å². The zero-order chi connectivity index (χ0) is 43.8. The Balaban J connectivity index is 0.987. The number of methoxy groups -OCH3 is 1. The number of aryl methyl sites for hydroxylation is 2. The summed E-state index contributed by atoms with van der Waals surface area (Å²) in [4.78, 5) is 67.6. The molecule has 1 saturated carbocycles. The molecule has 3 fully saturated rings. The van der Waals surface area contributed by atoms with Crippen LogP contribution >= 0.6 is 38.9 Å². The summed E-state index contributed by atoms with van der Waals surface area (Å²) in [5.74, 6) is -4.79. The molecular weight excluding hydrogens is 906 g/mol. The number of aromatic nitrogens is 3. The van der Waals surface area contributed by atoms with Crippen molar-refractivity contribution in [3.05, 3.63) is 117 Å². The lowest BCUT2D eigenvalue weighted by Crippen LogP contribution is -2.49. The summed E-state index contributed by atoms with van der Waals surface area (Å²) in [7, 11) is 3.15. The van der Waals surface area contributed by atoms with Gasteiger partial charge in [0.1, 0.15) is 17.0 Å². The third-order valence-electron chi connectivity index (χ3n) is 13.8. The Hall–Kier alpha value is -6.09. The SMILES string of the molecule is COc1cc(Br)cc(C2C3=CCC4C(=O)N(c5ccc(-c6nc7ccccc7o6)cc5)C(=O)C4C3CC3C(=O)N(c4cc(-c5sc6ccc(Cl)cc6c5C)nn4C)C(=O)C32C)c1O. The first-order chi connectivity index (χ1) is 30.3. The van der Waals surface area contributed by atoms with Gasteiger partial charge in [0.15, 0.2) is 17.1 Å². The van der Waals surface area contributed by atoms with E-state index in [0.29, 0.717) is 54.8 Å². The van der Waals surface area contributed by atoms with E-state index < -0.39 is 46.8 Å². The van der Waals surface area contributed by atoms with E-state index in [1.165, 1.54) is 16.9 Å². The molecule has 2 aliphatic carbocycles. The molecule has 11 rings (SSSR count). The molecule has 63 heavy (non-hydrogen) atoms. The zero-order valence-corrected chi connectivity index (χ0v) is 37.4. The van der Waals surface area contributed by atoms with Gasteiger partial charge in [-0.05, 0) is 110 Å². The number of halogens is 2. The van der Waals surface area contributed by atoms with Gasteiger partial charge in [-0.25, -0.2) is 9.88 Å². The second-order valence-electron chi connectivity index (χ2n) is 17.0. The number of imide groups is 2. The Morgan fingerprint density at radius 1 is 0.952 bits per heavy atom. The van der Waals surface area contributed by atoms with Crippen molar-refractivity contribution in [2.45, 2.75) is 32.6 Å². The standard InChI is InChI=1S/C48H37BrClN5O7S/c1-22-29-19-25(50)11-16-37(29)63-42(22)34-21-38(53(3)52-34)55-45(58)32-20-30-27(40(48(32,2)47(55)60)31-17-24(49)18-36(61-4)41(31)56)14-15-28-39(30)46(59)54(44(28)57)26-12-9-23(10-13-26)43-51-33-7-5-6-8-35(33)62-43/h5-14,16-19,21,28,30,32,39-40,56H,15,20H2,1-4H3. The molecule has 5 heterocycles. The quantitative estimate of drug-likeness (QED) is 0.127. The van der Waals surface area contributed by atoms with Gasteiger partial charge in [0.2, 0.25) is 29.5 Å². The van der Waals surface area contributed by atoms with Gasteiger partial charge in [-0.15, -0.1) is 11.3 Å². The fraction of sp³-hybridized carbons (Fsp3) is 0.250. The van der Waals surface area contributed by atoms with Crippen molar-refractivity contribution in [2.75, 3.05) is 16.9 Å². The minimum Gasteiger partial charge on any atom is -0.504 e. The van der Waals surface area contributed by atoms with Crippen molar-refractivity contribution in [2.24, 2.45) is 36.1 Å². The number of rotatable bonds is 6. The van der Waals surface area contributed by atoms with E-state index in [2.05, 4.69) is 20.9 Å². The Labute approximate surface area is 377 Å². The predicted octanol–water partition coefficient (Wildman–Crippen LogP) is 9.98. The van der Waals surface area contributed by atoms with Crippen LogP contribution in [0.1, 0.15) is 36.8 Å². The number of hydrogen-bond donors (Lipinski definition) is 1. The zero-order valence-electron chi connectivity index (χ0n) is 34.3. The fourth-order valence-corrected chi connectivity index (χ4v) is 12.5. The smallest absolute Gasteiger partial charge is 0.242 e. The van der Waals surface area contributed by atoms with Crippen LogP contribution in [-0.2, 0) is 26.2 Å². The summed E-state index contributed by atoms with van der Waals surface area (Å²) in [6.45, 7) is 3.78. The number of carbonyl (C=O) groups excluding carboxylic acids is 4. The van der Waals surface area contributed by atoms with Crippen LogP contribution in [0.5, 0.6) is 11.5 Å². The van der Waals surface area contributed by atoms with Crippen LogP contribution in [0.2, 0.25) is 5.02 Å². The van der Waals surface area contributed by atoms with Gasteiger partial charge in [0.05, 0.1) is 40.8 Å². The summed E-state index contributed by atoms with van der Waals surface area (Å²) < 4.78 is 14.7. The first-order valence-corrected chi connectivity index (χ1v) is 22.5. The molecule has 12 nitrogen and oxygen atoms in total. The van der Waals surface area contributed by atoms with Gasteiger partial charge in [-0.3, -0.25) is 28.8 Å². The minimum atomic E-state index is -1.42. The maximum atomic E-state index is 15.3. The number of oxazole rings is 1. The second kappa shape index (κ2) is 14.2. The number of nitrogens with zero attached hydrogens (tertiary/aromatic N) is 5. The fourth-order valence-electron chi connectivity index (χ4n) is 10.8. The van der Waals surface area contributed by atoms with Gasteiger partial charge < -0.3 is 14.3 Å². The molecule has 4 amide bonds. The number of ether oxygens (including phenoxy) is 1. The summed E-state index contributed by atoms with van der Waals surface area (Å²) in [6, 6.07) is 25.3. The molecule has 0 spiro atoms. The van der Waals surface area contributed by atoms with Crippen LogP contribution in [0, 0.1) is 36.0 Å². The average molecular weight is 943 g/mol. The van der Waals surface area contributed by atoms with Gasteiger partial charge >= 0.3 is 0 Å². The largest absolute Gasteiger partial charge is 0.504 e. The molecule has 4 aromatic carbocycles. The summed E-state index contributed by atoms with van der Waals surface area (Å²) in [5, 5.41) is 18.3. The molecule has 0 radical (unpaired) electrons. The highest BCUT2D eigenvalue weighted by atomic mass is 79.9. The van der Waals surface area contributed by atoms with E-state index in [-0.39, 0.29) is 36.2 Å². The number of phenols is 1. The Morgan fingerprint density at radius 2 is 1.73 bits per heavy atom. The Kier molecular flexibility index (Phi) is 8.96. The third-order valence-corrected chi connectivity index (χ3v) is 15.7. The Morgan fingerprint density at radius 3 is 2.49 bits per heavy atom. The molecule has 2 saturated heterocycles. The number of benzene rings is 4. The molecule has 6 atom stereocenters. The van der Waals surface area contributed by atoms with E-state index in [0.717, 1.165) is 26.1 Å². The number of fused-ring (bicyclic) bond motifs is 6. The molecule has 7 aromatic rings. The third kappa shape index (κ3) is 5.70. The summed E-state index contributed by atoms with van der Waals surface area (Å²) >= 11 is 11.5. The van der Waals surface area contributed by atoms with Gasteiger partial charge in [0.25, 0.3) is 0 Å². The number of hydrogen-bond acceptors (Lipinski definition) is 10. The highest BCUT2D eigenvalue weighted by Crippen LogP contribution is 2.65. The van der Waals surface area contributed by atoms with E-state index in [4.69, 9.17) is 25.9 Å². The van der Waals surface area contributed by atoms with Crippen molar-refractivity contribution < 1.29 is 33.4 Å². The first-order valence-electron chi connectivity index (χ1n) is 20.5. The molecule has 1 N–H and O–H groups in total. The molecule has 0 bridgehead atoms. The van der Waals surface area contributed by atoms with Crippen molar-refractivity contribution in [3.8, 4) is 33.5 Å². The molecule has 3 aromatic heterocycles. The first kappa shape index (κ1) is 39.7. The lowest BCUT2D eigenvalue weighted by Gasteiger charge is -2.49. The maximum absolute atomic E-state index is 15.3. The monoisotopic (exact) mass is 941 g/mol. The molecule has 2 aliphatic heterocycles. The number of thiophene rings is 1. The highest BCUT2D eigenvalue weighted by molar-refractivity contribution is 9.10. The topological polar surface area (TPSA) is 148 Å².